The average Bonchev–Trinajstić information content (AvgIpc) is 2.85. The van der Waals surface area contributed by atoms with Crippen LogP contribution in [-0.2, 0) is 6.54 Å². The Hall–Kier alpha value is -0.710. The molecule has 2 nitrogen and oxygen atoms in total. The highest BCUT2D eigenvalue weighted by Gasteiger charge is 2.04. The second kappa shape index (κ2) is 5.57. The summed E-state index contributed by atoms with van der Waals surface area (Å²) in [6.45, 7) is 6.35. The first kappa shape index (κ1) is 11.8. The molecule has 0 unspecified atom stereocenters. The van der Waals surface area contributed by atoms with Crippen molar-refractivity contribution in [2.75, 3.05) is 6.54 Å². The van der Waals surface area contributed by atoms with Gasteiger partial charge in [-0.15, -0.1) is 11.3 Å². The summed E-state index contributed by atoms with van der Waals surface area (Å²) in [6.07, 6.45) is 0. The molecule has 0 aliphatic carbocycles. The van der Waals surface area contributed by atoms with Crippen LogP contribution in [0.1, 0.15) is 19.5 Å². The first-order chi connectivity index (χ1) is 7.75. The van der Waals surface area contributed by atoms with E-state index >= 15 is 0 Å². The number of hydrogen-bond donors (Lipinski definition) is 1. The minimum Gasteiger partial charge on any atom is -0.311 e. The van der Waals surface area contributed by atoms with Crippen LogP contribution in [0.3, 0.4) is 0 Å². The van der Waals surface area contributed by atoms with Crippen LogP contribution in [0.5, 0.6) is 0 Å². The fraction of sp³-hybridized carbons (Fsp3) is 0.417. The van der Waals surface area contributed by atoms with Gasteiger partial charge in [0.15, 0.2) is 0 Å². The Morgan fingerprint density at radius 1 is 1.38 bits per heavy atom. The van der Waals surface area contributed by atoms with Gasteiger partial charge in [-0.3, -0.25) is 0 Å². The summed E-state index contributed by atoms with van der Waals surface area (Å²) in [6, 6.07) is 2.12. The predicted molar refractivity (Wildman–Crippen MR) is 72.0 cm³/mol. The summed E-state index contributed by atoms with van der Waals surface area (Å²) in [7, 11) is 0. The lowest BCUT2D eigenvalue weighted by atomic mass is 10.2. The predicted octanol–water partition coefficient (Wildman–Crippen LogP) is 3.62. The molecule has 0 atom stereocenters. The molecule has 2 aromatic heterocycles. The number of nitrogens with one attached hydrogen (secondary N) is 1. The molecule has 2 aromatic rings. The topological polar surface area (TPSA) is 24.9 Å². The van der Waals surface area contributed by atoms with E-state index in [4.69, 9.17) is 0 Å². The molecule has 0 amide bonds. The van der Waals surface area contributed by atoms with Crippen LogP contribution in [0.15, 0.2) is 22.2 Å². The van der Waals surface area contributed by atoms with E-state index in [-0.39, 0.29) is 0 Å². The summed E-state index contributed by atoms with van der Waals surface area (Å²) in [5.41, 5.74) is 2.39. The third-order valence-corrected chi connectivity index (χ3v) is 3.80. The van der Waals surface area contributed by atoms with Crippen molar-refractivity contribution in [1.29, 1.82) is 0 Å². The van der Waals surface area contributed by atoms with E-state index in [2.05, 4.69) is 46.4 Å². The first-order valence-corrected chi connectivity index (χ1v) is 7.25. The summed E-state index contributed by atoms with van der Waals surface area (Å²) in [5, 5.41) is 10.9. The number of thiophene rings is 1. The van der Waals surface area contributed by atoms with Gasteiger partial charge >= 0.3 is 0 Å². The molecular formula is C12H16N2S2. The van der Waals surface area contributed by atoms with Crippen LogP contribution in [-0.4, -0.2) is 11.5 Å². The minimum absolute atomic E-state index is 0.690. The lowest BCUT2D eigenvalue weighted by Gasteiger charge is -2.04. The van der Waals surface area contributed by atoms with Gasteiger partial charge in [0.1, 0.15) is 5.01 Å². The van der Waals surface area contributed by atoms with Crippen LogP contribution in [0, 0.1) is 5.92 Å². The lowest BCUT2D eigenvalue weighted by Crippen LogP contribution is -2.19. The number of hydrogen-bond acceptors (Lipinski definition) is 4. The van der Waals surface area contributed by atoms with E-state index in [1.54, 1.807) is 22.7 Å². The lowest BCUT2D eigenvalue weighted by molar-refractivity contribution is 0.549. The third-order valence-electron chi connectivity index (χ3n) is 2.18. The Kier molecular flexibility index (Phi) is 4.09. The van der Waals surface area contributed by atoms with Gasteiger partial charge in [-0.1, -0.05) is 13.8 Å². The van der Waals surface area contributed by atoms with Crippen molar-refractivity contribution in [1.82, 2.24) is 10.3 Å². The Bertz CT molecular complexity index is 418. The molecule has 0 bridgehead atoms. The van der Waals surface area contributed by atoms with Gasteiger partial charge in [-0.2, -0.15) is 11.3 Å². The number of aromatic nitrogens is 1. The summed E-state index contributed by atoms with van der Waals surface area (Å²) < 4.78 is 0. The molecule has 2 heterocycles. The fourth-order valence-corrected chi connectivity index (χ4v) is 2.93. The molecule has 2 rings (SSSR count). The van der Waals surface area contributed by atoms with E-state index in [0.29, 0.717) is 5.92 Å². The summed E-state index contributed by atoms with van der Waals surface area (Å²) in [5.74, 6) is 0.690. The highest BCUT2D eigenvalue weighted by atomic mass is 32.1. The quantitative estimate of drug-likeness (QED) is 0.879. The summed E-state index contributed by atoms with van der Waals surface area (Å²) >= 11 is 3.44. The van der Waals surface area contributed by atoms with Gasteiger partial charge in [0.25, 0.3) is 0 Å². The van der Waals surface area contributed by atoms with Crippen LogP contribution < -0.4 is 5.32 Å². The zero-order valence-electron chi connectivity index (χ0n) is 9.56. The van der Waals surface area contributed by atoms with E-state index in [1.165, 1.54) is 5.56 Å². The molecule has 0 fully saturated rings. The van der Waals surface area contributed by atoms with Crippen LogP contribution in [0.4, 0.5) is 0 Å². The zero-order valence-corrected chi connectivity index (χ0v) is 11.2. The van der Waals surface area contributed by atoms with Crippen molar-refractivity contribution in [3.05, 3.63) is 27.9 Å². The van der Waals surface area contributed by atoms with E-state index in [1.807, 2.05) is 0 Å². The van der Waals surface area contributed by atoms with Crippen molar-refractivity contribution in [2.45, 2.75) is 20.4 Å². The fourth-order valence-electron chi connectivity index (χ4n) is 1.40. The first-order valence-electron chi connectivity index (χ1n) is 5.43. The Balaban J connectivity index is 1.93. The second-order valence-corrected chi connectivity index (χ2v) is 5.82. The van der Waals surface area contributed by atoms with Gasteiger partial charge in [0.05, 0.1) is 5.69 Å². The van der Waals surface area contributed by atoms with Gasteiger partial charge in [0.2, 0.25) is 0 Å². The van der Waals surface area contributed by atoms with Crippen molar-refractivity contribution in [3.63, 3.8) is 0 Å². The number of rotatable bonds is 5. The molecular weight excluding hydrogens is 236 g/mol. The molecule has 16 heavy (non-hydrogen) atoms. The van der Waals surface area contributed by atoms with Crippen molar-refractivity contribution in [3.8, 4) is 10.6 Å². The van der Waals surface area contributed by atoms with E-state index in [0.717, 1.165) is 23.8 Å². The van der Waals surface area contributed by atoms with Crippen LogP contribution in [0.2, 0.25) is 0 Å². The van der Waals surface area contributed by atoms with Gasteiger partial charge < -0.3 is 5.32 Å². The van der Waals surface area contributed by atoms with E-state index in [9.17, 15) is 0 Å². The zero-order chi connectivity index (χ0) is 11.4. The van der Waals surface area contributed by atoms with Gasteiger partial charge in [-0.05, 0) is 23.9 Å². The standard InChI is InChI=1S/C12H16N2S2/c1-9(2)5-13-6-11-8-16-12(14-11)10-3-4-15-7-10/h3-4,7-9,13H,5-6H2,1-2H3. The Morgan fingerprint density at radius 2 is 2.25 bits per heavy atom. The molecule has 0 aliphatic rings. The van der Waals surface area contributed by atoms with Crippen molar-refractivity contribution < 1.29 is 0 Å². The maximum absolute atomic E-state index is 4.61. The highest BCUT2D eigenvalue weighted by Crippen LogP contribution is 2.25. The smallest absolute Gasteiger partial charge is 0.124 e. The molecule has 86 valence electrons. The van der Waals surface area contributed by atoms with Crippen LogP contribution in [0.25, 0.3) is 10.6 Å². The molecule has 1 N–H and O–H groups in total. The molecule has 0 aliphatic heterocycles. The SMILES string of the molecule is CC(C)CNCc1csc(-c2ccsc2)n1. The van der Waals surface area contributed by atoms with Gasteiger partial charge in [0, 0.05) is 22.9 Å². The molecule has 0 spiro atoms. The minimum atomic E-state index is 0.690. The maximum Gasteiger partial charge on any atom is 0.124 e. The Labute approximate surface area is 104 Å². The molecule has 0 saturated heterocycles. The number of thiazole rings is 1. The molecule has 0 aromatic carbocycles. The molecule has 0 radical (unpaired) electrons. The number of nitrogens with zero attached hydrogens (tertiary/aromatic N) is 1. The van der Waals surface area contributed by atoms with Crippen molar-refractivity contribution >= 4 is 22.7 Å². The molecule has 4 heteroatoms. The summed E-state index contributed by atoms with van der Waals surface area (Å²) in [4.78, 5) is 4.61. The van der Waals surface area contributed by atoms with Crippen molar-refractivity contribution in [2.24, 2.45) is 5.92 Å². The maximum atomic E-state index is 4.61. The Morgan fingerprint density at radius 3 is 2.94 bits per heavy atom. The molecule has 0 saturated carbocycles. The highest BCUT2D eigenvalue weighted by molar-refractivity contribution is 7.14. The van der Waals surface area contributed by atoms with Crippen LogP contribution >= 0.6 is 22.7 Å². The average molecular weight is 252 g/mol. The van der Waals surface area contributed by atoms with E-state index < -0.39 is 0 Å². The largest absolute Gasteiger partial charge is 0.311 e. The monoisotopic (exact) mass is 252 g/mol. The third kappa shape index (κ3) is 3.14. The second-order valence-electron chi connectivity index (χ2n) is 4.18. The van der Waals surface area contributed by atoms with Gasteiger partial charge in [-0.25, -0.2) is 4.98 Å². The normalized spacial score (nSPS) is 11.2.